The molecule has 0 spiro atoms. The number of nitro benzene ring substituents is 1. The fraction of sp³-hybridized carbons (Fsp3) is 0.400. The third-order valence-corrected chi connectivity index (χ3v) is 1.99. The molecule has 0 heterocycles. The van der Waals surface area contributed by atoms with Gasteiger partial charge < -0.3 is 5.32 Å². The average molecular weight is 229 g/mol. The molecule has 1 aromatic rings. The number of rotatable bonds is 2. The third kappa shape index (κ3) is 3.40. The van der Waals surface area contributed by atoms with Crippen LogP contribution in [-0.2, 0) is 0 Å². The number of nitro groups is 1. The van der Waals surface area contributed by atoms with Crippen LogP contribution in [0.4, 0.5) is 11.4 Å². The van der Waals surface area contributed by atoms with Gasteiger partial charge in [-0.3, -0.25) is 10.1 Å². The molecular weight excluding hydrogens is 216 g/mol. The molecule has 0 saturated carbocycles. The molecule has 0 saturated heterocycles. The highest BCUT2D eigenvalue weighted by Gasteiger charge is 2.14. The van der Waals surface area contributed by atoms with E-state index >= 15 is 0 Å². The summed E-state index contributed by atoms with van der Waals surface area (Å²) in [5, 5.41) is 14.0. The molecule has 0 atom stereocenters. The minimum atomic E-state index is -0.466. The van der Waals surface area contributed by atoms with E-state index in [1.165, 1.54) is 12.1 Å². The average Bonchev–Trinajstić information content (AvgIpc) is 2.05. The maximum Gasteiger partial charge on any atom is 0.271 e. The maximum atomic E-state index is 10.5. The number of hydrogen-bond donors (Lipinski definition) is 1. The Labute approximate surface area is 93.4 Å². The van der Waals surface area contributed by atoms with E-state index in [4.69, 9.17) is 11.6 Å². The lowest BCUT2D eigenvalue weighted by Gasteiger charge is -2.22. The highest BCUT2D eigenvalue weighted by Crippen LogP contribution is 2.28. The standard InChI is InChI=1S/C10H13ClN2O2/c1-10(2,3)12-9-5-4-7(13(14)15)6-8(9)11/h4-6,12H,1-3H3. The van der Waals surface area contributed by atoms with Crippen LogP contribution in [0.1, 0.15) is 20.8 Å². The van der Waals surface area contributed by atoms with Gasteiger partial charge in [-0.05, 0) is 26.8 Å². The van der Waals surface area contributed by atoms with Crippen LogP contribution < -0.4 is 5.32 Å². The monoisotopic (exact) mass is 228 g/mol. The molecule has 15 heavy (non-hydrogen) atoms. The molecule has 5 heteroatoms. The lowest BCUT2D eigenvalue weighted by Crippen LogP contribution is -2.26. The summed E-state index contributed by atoms with van der Waals surface area (Å²) in [6.45, 7) is 5.97. The Morgan fingerprint density at radius 2 is 2.00 bits per heavy atom. The van der Waals surface area contributed by atoms with Crippen LogP contribution in [0, 0.1) is 10.1 Å². The van der Waals surface area contributed by atoms with Gasteiger partial charge in [0.25, 0.3) is 5.69 Å². The fourth-order valence-corrected chi connectivity index (χ4v) is 1.34. The molecule has 1 aromatic carbocycles. The molecule has 4 nitrogen and oxygen atoms in total. The van der Waals surface area contributed by atoms with Gasteiger partial charge >= 0.3 is 0 Å². The first-order valence-electron chi connectivity index (χ1n) is 4.52. The number of halogens is 1. The summed E-state index contributed by atoms with van der Waals surface area (Å²) in [5.41, 5.74) is 0.578. The van der Waals surface area contributed by atoms with Crippen LogP contribution in [-0.4, -0.2) is 10.5 Å². The summed E-state index contributed by atoms with van der Waals surface area (Å²) in [5.74, 6) is 0. The molecule has 0 radical (unpaired) electrons. The first kappa shape index (κ1) is 11.8. The topological polar surface area (TPSA) is 55.2 Å². The Bertz CT molecular complexity index is 385. The SMILES string of the molecule is CC(C)(C)Nc1ccc([N+](=O)[O-])cc1Cl. The van der Waals surface area contributed by atoms with Crippen LogP contribution in [0.5, 0.6) is 0 Å². The van der Waals surface area contributed by atoms with Crippen molar-refractivity contribution in [3.05, 3.63) is 33.3 Å². The fourth-order valence-electron chi connectivity index (χ4n) is 1.12. The highest BCUT2D eigenvalue weighted by atomic mass is 35.5. The van der Waals surface area contributed by atoms with Crippen molar-refractivity contribution in [2.24, 2.45) is 0 Å². The van der Waals surface area contributed by atoms with Crippen molar-refractivity contribution in [2.75, 3.05) is 5.32 Å². The van der Waals surface area contributed by atoms with Crippen LogP contribution in [0.25, 0.3) is 0 Å². The lowest BCUT2D eigenvalue weighted by atomic mass is 10.1. The minimum Gasteiger partial charge on any atom is -0.379 e. The van der Waals surface area contributed by atoms with Crippen molar-refractivity contribution >= 4 is 23.0 Å². The van der Waals surface area contributed by atoms with Gasteiger partial charge in [0.05, 0.1) is 15.6 Å². The zero-order chi connectivity index (χ0) is 11.6. The second-order valence-corrected chi connectivity index (χ2v) is 4.70. The lowest BCUT2D eigenvalue weighted by molar-refractivity contribution is -0.384. The van der Waals surface area contributed by atoms with Crippen molar-refractivity contribution in [3.8, 4) is 0 Å². The number of benzene rings is 1. The number of nitrogens with zero attached hydrogens (tertiary/aromatic N) is 1. The third-order valence-electron chi connectivity index (χ3n) is 1.67. The van der Waals surface area contributed by atoms with E-state index in [-0.39, 0.29) is 11.2 Å². The minimum absolute atomic E-state index is 0.000501. The number of nitrogens with one attached hydrogen (secondary N) is 1. The number of non-ortho nitro benzene ring substituents is 1. The summed E-state index contributed by atoms with van der Waals surface area (Å²) in [7, 11) is 0. The van der Waals surface area contributed by atoms with Gasteiger partial charge in [0, 0.05) is 17.7 Å². The Kier molecular flexibility index (Phi) is 3.19. The van der Waals surface area contributed by atoms with E-state index in [9.17, 15) is 10.1 Å². The van der Waals surface area contributed by atoms with E-state index in [1.54, 1.807) is 6.07 Å². The van der Waals surface area contributed by atoms with Crippen LogP contribution in [0.2, 0.25) is 5.02 Å². The molecule has 1 rings (SSSR count). The van der Waals surface area contributed by atoms with Gasteiger partial charge in [-0.25, -0.2) is 0 Å². The van der Waals surface area contributed by atoms with Gasteiger partial charge in [-0.2, -0.15) is 0 Å². The van der Waals surface area contributed by atoms with Crippen LogP contribution >= 0.6 is 11.6 Å². The highest BCUT2D eigenvalue weighted by molar-refractivity contribution is 6.33. The Morgan fingerprint density at radius 3 is 2.40 bits per heavy atom. The Morgan fingerprint density at radius 1 is 1.40 bits per heavy atom. The van der Waals surface area contributed by atoms with E-state index in [1.807, 2.05) is 20.8 Å². The molecule has 0 amide bonds. The Hall–Kier alpha value is -1.29. The van der Waals surface area contributed by atoms with Crippen molar-refractivity contribution in [3.63, 3.8) is 0 Å². The predicted octanol–water partition coefficient (Wildman–Crippen LogP) is 3.46. The normalized spacial score (nSPS) is 11.2. The van der Waals surface area contributed by atoms with Gasteiger partial charge in [0.1, 0.15) is 0 Å². The van der Waals surface area contributed by atoms with Crippen LogP contribution in [0.15, 0.2) is 18.2 Å². The summed E-state index contributed by atoms with van der Waals surface area (Å²) < 4.78 is 0. The molecule has 0 unspecified atom stereocenters. The first-order chi connectivity index (χ1) is 6.79. The van der Waals surface area contributed by atoms with E-state index in [2.05, 4.69) is 5.32 Å². The summed E-state index contributed by atoms with van der Waals surface area (Å²) >= 11 is 5.91. The molecule has 0 aliphatic carbocycles. The molecule has 0 aliphatic rings. The molecule has 82 valence electrons. The predicted molar refractivity (Wildman–Crippen MR) is 61.5 cm³/mol. The Balaban J connectivity index is 2.99. The second kappa shape index (κ2) is 4.06. The van der Waals surface area contributed by atoms with E-state index in [0.717, 1.165) is 0 Å². The number of anilines is 1. The van der Waals surface area contributed by atoms with Gasteiger partial charge in [-0.15, -0.1) is 0 Å². The zero-order valence-electron chi connectivity index (χ0n) is 8.87. The quantitative estimate of drug-likeness (QED) is 0.623. The molecule has 0 bridgehead atoms. The molecule has 1 N–H and O–H groups in total. The molecule has 0 fully saturated rings. The van der Waals surface area contributed by atoms with Crippen LogP contribution in [0.3, 0.4) is 0 Å². The van der Waals surface area contributed by atoms with E-state index in [0.29, 0.717) is 10.7 Å². The van der Waals surface area contributed by atoms with Crippen molar-refractivity contribution in [2.45, 2.75) is 26.3 Å². The van der Waals surface area contributed by atoms with Crippen molar-refractivity contribution in [1.82, 2.24) is 0 Å². The van der Waals surface area contributed by atoms with Gasteiger partial charge in [0.2, 0.25) is 0 Å². The molecule has 0 aliphatic heterocycles. The largest absolute Gasteiger partial charge is 0.379 e. The summed E-state index contributed by atoms with van der Waals surface area (Å²) in [6, 6.07) is 4.39. The molecular formula is C10H13ClN2O2. The number of hydrogen-bond acceptors (Lipinski definition) is 3. The van der Waals surface area contributed by atoms with Gasteiger partial charge in [-0.1, -0.05) is 11.6 Å². The van der Waals surface area contributed by atoms with E-state index < -0.39 is 4.92 Å². The summed E-state index contributed by atoms with van der Waals surface area (Å²) in [4.78, 5) is 10.0. The first-order valence-corrected chi connectivity index (χ1v) is 4.89. The van der Waals surface area contributed by atoms with Crippen molar-refractivity contribution in [1.29, 1.82) is 0 Å². The van der Waals surface area contributed by atoms with Crippen molar-refractivity contribution < 1.29 is 4.92 Å². The second-order valence-electron chi connectivity index (χ2n) is 4.30. The zero-order valence-corrected chi connectivity index (χ0v) is 9.63. The smallest absolute Gasteiger partial charge is 0.271 e. The van der Waals surface area contributed by atoms with Gasteiger partial charge in [0.15, 0.2) is 0 Å². The molecule has 0 aromatic heterocycles. The summed E-state index contributed by atoms with van der Waals surface area (Å²) in [6.07, 6.45) is 0. The maximum absolute atomic E-state index is 10.5.